The molecule has 102 valence electrons. The topological polar surface area (TPSA) is 41.1 Å². The summed E-state index contributed by atoms with van der Waals surface area (Å²) < 4.78 is 0. The zero-order valence-electron chi connectivity index (χ0n) is 11.1. The fourth-order valence-electron chi connectivity index (χ4n) is 2.25. The molecular formula is C13H18N4S2. The highest BCUT2D eigenvalue weighted by molar-refractivity contribution is 7.15. The SMILES string of the molecule is CCCNc1nnc(CN2CCc3sccc3C2)s1. The second-order valence-corrected chi connectivity index (χ2v) is 6.82. The molecular weight excluding hydrogens is 276 g/mol. The lowest BCUT2D eigenvalue weighted by atomic mass is 10.1. The molecule has 0 bridgehead atoms. The Hall–Kier alpha value is -0.980. The van der Waals surface area contributed by atoms with Crippen LogP contribution in [-0.2, 0) is 19.5 Å². The molecule has 0 saturated heterocycles. The van der Waals surface area contributed by atoms with E-state index in [4.69, 9.17) is 0 Å². The van der Waals surface area contributed by atoms with Gasteiger partial charge in [0.15, 0.2) is 0 Å². The first-order chi connectivity index (χ1) is 9.35. The number of nitrogens with one attached hydrogen (secondary N) is 1. The Morgan fingerprint density at radius 3 is 3.26 bits per heavy atom. The van der Waals surface area contributed by atoms with Crippen LogP contribution >= 0.6 is 22.7 Å². The van der Waals surface area contributed by atoms with Crippen LogP contribution in [0.15, 0.2) is 11.4 Å². The molecule has 2 aromatic rings. The first kappa shape index (κ1) is 13.0. The highest BCUT2D eigenvalue weighted by Gasteiger charge is 2.18. The number of aromatic nitrogens is 2. The van der Waals surface area contributed by atoms with E-state index in [1.807, 2.05) is 11.3 Å². The molecule has 0 fully saturated rings. The van der Waals surface area contributed by atoms with Gasteiger partial charge in [0.1, 0.15) is 5.01 Å². The van der Waals surface area contributed by atoms with Crippen molar-refractivity contribution in [3.8, 4) is 0 Å². The van der Waals surface area contributed by atoms with Gasteiger partial charge in [0.2, 0.25) is 5.13 Å². The first-order valence-corrected chi connectivity index (χ1v) is 8.38. The Balaban J connectivity index is 1.58. The van der Waals surface area contributed by atoms with Gasteiger partial charge in [-0.2, -0.15) is 0 Å². The van der Waals surface area contributed by atoms with Crippen LogP contribution in [-0.4, -0.2) is 28.2 Å². The zero-order valence-corrected chi connectivity index (χ0v) is 12.7. The van der Waals surface area contributed by atoms with Gasteiger partial charge < -0.3 is 5.32 Å². The van der Waals surface area contributed by atoms with E-state index in [2.05, 4.69) is 38.8 Å². The van der Waals surface area contributed by atoms with Crippen molar-refractivity contribution in [1.29, 1.82) is 0 Å². The molecule has 1 N–H and O–H groups in total. The Bertz CT molecular complexity index is 534. The van der Waals surface area contributed by atoms with Crippen LogP contribution in [0.5, 0.6) is 0 Å². The molecule has 3 heterocycles. The molecule has 0 atom stereocenters. The summed E-state index contributed by atoms with van der Waals surface area (Å²) in [5, 5.41) is 16.0. The van der Waals surface area contributed by atoms with Gasteiger partial charge in [-0.1, -0.05) is 18.3 Å². The lowest BCUT2D eigenvalue weighted by molar-refractivity contribution is 0.246. The van der Waals surface area contributed by atoms with Crippen LogP contribution in [0.4, 0.5) is 5.13 Å². The predicted molar refractivity (Wildman–Crippen MR) is 80.8 cm³/mol. The van der Waals surface area contributed by atoms with Crippen LogP contribution in [0.1, 0.15) is 28.8 Å². The van der Waals surface area contributed by atoms with Crippen LogP contribution in [0.2, 0.25) is 0 Å². The zero-order chi connectivity index (χ0) is 13.1. The van der Waals surface area contributed by atoms with Crippen LogP contribution in [0.3, 0.4) is 0 Å². The Kier molecular flexibility index (Phi) is 4.10. The fraction of sp³-hybridized carbons (Fsp3) is 0.538. The Morgan fingerprint density at radius 2 is 2.37 bits per heavy atom. The Labute approximate surface area is 121 Å². The van der Waals surface area contributed by atoms with Gasteiger partial charge in [0.25, 0.3) is 0 Å². The quantitative estimate of drug-likeness (QED) is 0.920. The highest BCUT2D eigenvalue weighted by Crippen LogP contribution is 2.26. The summed E-state index contributed by atoms with van der Waals surface area (Å²) in [4.78, 5) is 4.01. The summed E-state index contributed by atoms with van der Waals surface area (Å²) in [5.41, 5.74) is 1.49. The maximum absolute atomic E-state index is 4.27. The average molecular weight is 294 g/mol. The smallest absolute Gasteiger partial charge is 0.205 e. The molecule has 19 heavy (non-hydrogen) atoms. The summed E-state index contributed by atoms with van der Waals surface area (Å²) in [6.07, 6.45) is 2.29. The summed E-state index contributed by atoms with van der Waals surface area (Å²) in [6.45, 7) is 6.22. The van der Waals surface area contributed by atoms with Crippen molar-refractivity contribution < 1.29 is 0 Å². The molecule has 2 aromatic heterocycles. The van der Waals surface area contributed by atoms with E-state index in [1.54, 1.807) is 16.2 Å². The number of anilines is 1. The monoisotopic (exact) mass is 294 g/mol. The summed E-state index contributed by atoms with van der Waals surface area (Å²) in [5.74, 6) is 0. The number of thiophene rings is 1. The van der Waals surface area contributed by atoms with Gasteiger partial charge in [-0.3, -0.25) is 4.90 Å². The van der Waals surface area contributed by atoms with Crippen molar-refractivity contribution in [2.24, 2.45) is 0 Å². The van der Waals surface area contributed by atoms with E-state index < -0.39 is 0 Å². The molecule has 6 heteroatoms. The van der Waals surface area contributed by atoms with E-state index >= 15 is 0 Å². The standard InChI is InChI=1S/C13H18N4S2/c1-2-5-14-13-16-15-12(19-13)9-17-6-3-11-10(8-17)4-7-18-11/h4,7H,2-3,5-6,8-9H2,1H3,(H,14,16). The highest BCUT2D eigenvalue weighted by atomic mass is 32.1. The lowest BCUT2D eigenvalue weighted by Crippen LogP contribution is -2.29. The molecule has 4 nitrogen and oxygen atoms in total. The molecule has 3 rings (SSSR count). The van der Waals surface area contributed by atoms with E-state index in [-0.39, 0.29) is 0 Å². The summed E-state index contributed by atoms with van der Waals surface area (Å²) in [6, 6.07) is 2.25. The summed E-state index contributed by atoms with van der Waals surface area (Å²) in [7, 11) is 0. The van der Waals surface area contributed by atoms with E-state index in [1.165, 1.54) is 12.0 Å². The number of rotatable bonds is 5. The maximum Gasteiger partial charge on any atom is 0.205 e. The molecule has 0 aliphatic carbocycles. The largest absolute Gasteiger partial charge is 0.360 e. The van der Waals surface area contributed by atoms with Gasteiger partial charge in [0.05, 0.1) is 6.54 Å². The Morgan fingerprint density at radius 1 is 1.42 bits per heavy atom. The predicted octanol–water partition coefficient (Wildman–Crippen LogP) is 2.98. The molecule has 0 unspecified atom stereocenters. The molecule has 0 saturated carbocycles. The fourth-order valence-corrected chi connectivity index (χ4v) is 3.95. The number of hydrogen-bond donors (Lipinski definition) is 1. The van der Waals surface area contributed by atoms with Crippen molar-refractivity contribution >= 4 is 27.8 Å². The van der Waals surface area contributed by atoms with Gasteiger partial charge >= 0.3 is 0 Å². The van der Waals surface area contributed by atoms with E-state index in [9.17, 15) is 0 Å². The van der Waals surface area contributed by atoms with Crippen molar-refractivity contribution in [1.82, 2.24) is 15.1 Å². The van der Waals surface area contributed by atoms with E-state index in [0.29, 0.717) is 0 Å². The third-order valence-corrected chi connectivity index (χ3v) is 5.13. The lowest BCUT2D eigenvalue weighted by Gasteiger charge is -2.25. The molecule has 1 aliphatic heterocycles. The molecule has 0 spiro atoms. The average Bonchev–Trinajstić information content (AvgIpc) is 3.05. The normalized spacial score (nSPS) is 15.4. The molecule has 1 aliphatic rings. The minimum Gasteiger partial charge on any atom is -0.360 e. The van der Waals surface area contributed by atoms with Gasteiger partial charge in [-0.25, -0.2) is 0 Å². The second kappa shape index (κ2) is 5.98. The third-order valence-electron chi connectivity index (χ3n) is 3.24. The third kappa shape index (κ3) is 3.13. The molecule has 0 amide bonds. The first-order valence-electron chi connectivity index (χ1n) is 6.69. The maximum atomic E-state index is 4.27. The number of nitrogens with zero attached hydrogens (tertiary/aromatic N) is 3. The van der Waals surface area contributed by atoms with Gasteiger partial charge in [-0.15, -0.1) is 21.5 Å². The van der Waals surface area contributed by atoms with Crippen molar-refractivity contribution in [2.75, 3.05) is 18.4 Å². The van der Waals surface area contributed by atoms with Crippen molar-refractivity contribution in [3.05, 3.63) is 26.9 Å². The van der Waals surface area contributed by atoms with Gasteiger partial charge in [0, 0.05) is 24.5 Å². The number of hydrogen-bond acceptors (Lipinski definition) is 6. The van der Waals surface area contributed by atoms with Crippen LogP contribution < -0.4 is 5.32 Å². The van der Waals surface area contributed by atoms with E-state index in [0.717, 1.165) is 42.7 Å². The second-order valence-electron chi connectivity index (χ2n) is 4.76. The van der Waals surface area contributed by atoms with Crippen molar-refractivity contribution in [3.63, 3.8) is 0 Å². The van der Waals surface area contributed by atoms with Crippen LogP contribution in [0, 0.1) is 0 Å². The van der Waals surface area contributed by atoms with Crippen LogP contribution in [0.25, 0.3) is 0 Å². The molecule has 0 radical (unpaired) electrons. The van der Waals surface area contributed by atoms with Gasteiger partial charge in [-0.05, 0) is 29.9 Å². The summed E-state index contributed by atoms with van der Waals surface area (Å²) >= 11 is 3.56. The minimum absolute atomic E-state index is 0.917. The number of fused-ring (bicyclic) bond motifs is 1. The molecule has 0 aromatic carbocycles. The minimum atomic E-state index is 0.917. The van der Waals surface area contributed by atoms with Crippen molar-refractivity contribution in [2.45, 2.75) is 32.9 Å².